The first kappa shape index (κ1) is 16.4. The zero-order valence-corrected chi connectivity index (χ0v) is 12.8. The van der Waals surface area contributed by atoms with Gasteiger partial charge in [-0.2, -0.15) is 0 Å². The second-order valence-corrected chi connectivity index (χ2v) is 5.21. The molecule has 2 atom stereocenters. The molecule has 0 fully saturated rings. The monoisotopic (exact) mass is 280 g/mol. The van der Waals surface area contributed by atoms with Crippen LogP contribution in [0.15, 0.2) is 22.6 Å². The molecule has 1 aliphatic rings. The van der Waals surface area contributed by atoms with E-state index in [1.54, 1.807) is 20.3 Å². The quantitative estimate of drug-likeness (QED) is 0.554. The van der Waals surface area contributed by atoms with Crippen molar-refractivity contribution in [2.75, 3.05) is 14.2 Å². The molecule has 0 unspecified atom stereocenters. The van der Waals surface area contributed by atoms with Crippen molar-refractivity contribution in [2.45, 2.75) is 44.7 Å². The molecular formula is C15H24N2O3. The fourth-order valence-electron chi connectivity index (χ4n) is 2.35. The summed E-state index contributed by atoms with van der Waals surface area (Å²) >= 11 is 0. The van der Waals surface area contributed by atoms with Crippen LogP contribution in [0.2, 0.25) is 0 Å². The van der Waals surface area contributed by atoms with Crippen molar-refractivity contribution in [3.05, 3.63) is 12.7 Å². The van der Waals surface area contributed by atoms with Gasteiger partial charge >= 0.3 is 0 Å². The fraction of sp³-hybridized carbons (Fsp3) is 0.667. The van der Waals surface area contributed by atoms with E-state index in [2.05, 4.69) is 16.6 Å². The molecule has 0 amide bonds. The zero-order valence-electron chi connectivity index (χ0n) is 12.8. The summed E-state index contributed by atoms with van der Waals surface area (Å²) in [6, 6.07) is -0.168. The maximum absolute atomic E-state index is 11.1. The van der Waals surface area contributed by atoms with Crippen LogP contribution in [0.4, 0.5) is 0 Å². The van der Waals surface area contributed by atoms with E-state index in [1.807, 2.05) is 13.8 Å². The Kier molecular flexibility index (Phi) is 5.92. The number of allylic oxidation sites excluding steroid dienone is 1. The minimum atomic E-state index is -0.762. The van der Waals surface area contributed by atoms with Gasteiger partial charge in [0.15, 0.2) is 0 Å². The van der Waals surface area contributed by atoms with Crippen LogP contribution in [-0.2, 0) is 14.3 Å². The van der Waals surface area contributed by atoms with Crippen molar-refractivity contribution < 1.29 is 14.3 Å². The van der Waals surface area contributed by atoms with Crippen molar-refractivity contribution in [3.8, 4) is 0 Å². The molecule has 0 saturated heterocycles. The Labute approximate surface area is 120 Å². The molecule has 0 radical (unpaired) electrons. The number of methoxy groups -OCH3 is 2. The number of ether oxygens (including phenoxy) is 2. The van der Waals surface area contributed by atoms with Gasteiger partial charge in [-0.1, -0.05) is 19.9 Å². The Hall–Kier alpha value is -1.65. The van der Waals surface area contributed by atoms with Crippen LogP contribution in [0, 0.1) is 5.92 Å². The van der Waals surface area contributed by atoms with E-state index in [0.717, 1.165) is 12.7 Å². The van der Waals surface area contributed by atoms with Gasteiger partial charge in [0.2, 0.25) is 11.8 Å². The number of aldehydes is 1. The minimum Gasteiger partial charge on any atom is -0.483 e. The number of hydrogen-bond donors (Lipinski definition) is 0. The normalized spacial score (nSPS) is 25.8. The van der Waals surface area contributed by atoms with Crippen LogP contribution in [0.25, 0.3) is 0 Å². The smallest absolute Gasteiger partial charge is 0.213 e. The van der Waals surface area contributed by atoms with Crippen molar-refractivity contribution in [1.82, 2.24) is 0 Å². The number of rotatable bonds is 6. The number of aliphatic imine (C=N–C) groups is 2. The van der Waals surface area contributed by atoms with Crippen LogP contribution in [0.5, 0.6) is 0 Å². The second kappa shape index (κ2) is 7.22. The molecule has 1 rings (SSSR count). The molecule has 0 aromatic heterocycles. The second-order valence-electron chi connectivity index (χ2n) is 5.21. The van der Waals surface area contributed by atoms with E-state index in [4.69, 9.17) is 9.47 Å². The first-order chi connectivity index (χ1) is 9.54. The molecule has 1 heterocycles. The topological polar surface area (TPSA) is 60.2 Å². The molecule has 5 nitrogen and oxygen atoms in total. The molecule has 0 aromatic carbocycles. The average Bonchev–Trinajstić information content (AvgIpc) is 2.44. The molecule has 0 saturated carbocycles. The summed E-state index contributed by atoms with van der Waals surface area (Å²) < 4.78 is 10.8. The van der Waals surface area contributed by atoms with Gasteiger partial charge in [0.05, 0.1) is 14.2 Å². The van der Waals surface area contributed by atoms with Crippen LogP contribution >= 0.6 is 0 Å². The average molecular weight is 280 g/mol. The predicted octanol–water partition coefficient (Wildman–Crippen LogP) is 2.41. The lowest BCUT2D eigenvalue weighted by Gasteiger charge is -2.35. The Bertz CT molecular complexity index is 415. The third-order valence-corrected chi connectivity index (χ3v) is 3.45. The lowest BCUT2D eigenvalue weighted by atomic mass is 9.88. The van der Waals surface area contributed by atoms with E-state index in [0.29, 0.717) is 18.2 Å². The highest BCUT2D eigenvalue weighted by Gasteiger charge is 2.42. The van der Waals surface area contributed by atoms with Gasteiger partial charge in [-0.25, -0.2) is 9.98 Å². The number of hydrogen-bond acceptors (Lipinski definition) is 5. The van der Waals surface area contributed by atoms with Crippen molar-refractivity contribution in [3.63, 3.8) is 0 Å². The van der Waals surface area contributed by atoms with Crippen LogP contribution in [0.1, 0.15) is 33.1 Å². The van der Waals surface area contributed by atoms with E-state index in [9.17, 15) is 4.79 Å². The van der Waals surface area contributed by atoms with Crippen molar-refractivity contribution >= 4 is 18.1 Å². The lowest BCUT2D eigenvalue weighted by molar-refractivity contribution is -0.108. The Morgan fingerprint density at radius 2 is 2.10 bits per heavy atom. The summed E-state index contributed by atoms with van der Waals surface area (Å²) in [7, 11) is 3.15. The van der Waals surface area contributed by atoms with Gasteiger partial charge in [0, 0.05) is 6.42 Å². The Morgan fingerprint density at radius 3 is 2.55 bits per heavy atom. The maximum atomic E-state index is 11.1. The molecule has 0 spiro atoms. The highest BCUT2D eigenvalue weighted by Crippen LogP contribution is 2.31. The van der Waals surface area contributed by atoms with Gasteiger partial charge in [-0.05, 0) is 18.8 Å². The zero-order chi connectivity index (χ0) is 15.2. The highest BCUT2D eigenvalue weighted by atomic mass is 16.5. The van der Waals surface area contributed by atoms with Gasteiger partial charge in [0.1, 0.15) is 17.9 Å². The van der Waals surface area contributed by atoms with Gasteiger partial charge < -0.3 is 14.3 Å². The Balaban J connectivity index is 3.25. The molecule has 5 heteroatoms. The number of carbonyl (C=O) groups is 1. The van der Waals surface area contributed by atoms with Crippen LogP contribution in [0.3, 0.4) is 0 Å². The summed E-state index contributed by atoms with van der Waals surface area (Å²) in [4.78, 5) is 20.4. The van der Waals surface area contributed by atoms with Crippen LogP contribution in [-0.4, -0.2) is 43.9 Å². The summed E-state index contributed by atoms with van der Waals surface area (Å²) in [6.07, 6.45) is 4.23. The largest absolute Gasteiger partial charge is 0.483 e. The van der Waals surface area contributed by atoms with Crippen LogP contribution < -0.4 is 0 Å². The summed E-state index contributed by atoms with van der Waals surface area (Å²) in [5.41, 5.74) is -0.762. The van der Waals surface area contributed by atoms with E-state index >= 15 is 0 Å². The maximum Gasteiger partial charge on any atom is 0.213 e. The standard InChI is InChI=1S/C15H24N2O3/c1-6-7-8-15(9-10-18)14(20-5)16-12(11(2)3)13(17-15)19-4/h6,10-12H,1,7-9H2,2-5H3/t12-,15+/m1/s1. The summed E-state index contributed by atoms with van der Waals surface area (Å²) in [6.45, 7) is 7.82. The van der Waals surface area contributed by atoms with Crippen molar-refractivity contribution in [2.24, 2.45) is 15.9 Å². The molecule has 0 aliphatic carbocycles. The van der Waals surface area contributed by atoms with Gasteiger partial charge in [-0.15, -0.1) is 6.58 Å². The van der Waals surface area contributed by atoms with E-state index < -0.39 is 5.54 Å². The van der Waals surface area contributed by atoms with Gasteiger partial charge in [-0.3, -0.25) is 0 Å². The fourth-order valence-corrected chi connectivity index (χ4v) is 2.35. The summed E-state index contributed by atoms with van der Waals surface area (Å²) in [5, 5.41) is 0. The molecule has 0 N–H and O–H groups in total. The SMILES string of the molecule is C=CCC[C@@]1(CC=O)N=C(OC)[C@@H](C(C)C)N=C1OC. The third-order valence-electron chi connectivity index (χ3n) is 3.45. The minimum absolute atomic E-state index is 0.168. The first-order valence-corrected chi connectivity index (χ1v) is 6.85. The van der Waals surface area contributed by atoms with E-state index in [-0.39, 0.29) is 18.4 Å². The molecule has 0 aromatic rings. The highest BCUT2D eigenvalue weighted by molar-refractivity contribution is 5.98. The predicted molar refractivity (Wildman–Crippen MR) is 80.4 cm³/mol. The lowest BCUT2D eigenvalue weighted by Crippen LogP contribution is -2.46. The number of carbonyl (C=O) groups excluding carboxylic acids is 1. The molecular weight excluding hydrogens is 256 g/mol. The molecule has 1 aliphatic heterocycles. The third kappa shape index (κ3) is 3.26. The number of nitrogens with zero attached hydrogens (tertiary/aromatic N) is 2. The van der Waals surface area contributed by atoms with Crippen molar-refractivity contribution in [1.29, 1.82) is 0 Å². The summed E-state index contributed by atoms with van der Waals surface area (Å²) in [5.74, 6) is 1.31. The van der Waals surface area contributed by atoms with E-state index in [1.165, 1.54) is 0 Å². The molecule has 20 heavy (non-hydrogen) atoms. The van der Waals surface area contributed by atoms with Gasteiger partial charge in [0.25, 0.3) is 0 Å². The molecule has 112 valence electrons. The first-order valence-electron chi connectivity index (χ1n) is 6.85. The Morgan fingerprint density at radius 1 is 1.40 bits per heavy atom. The molecule has 0 bridgehead atoms.